The van der Waals surface area contributed by atoms with Gasteiger partial charge in [-0.05, 0) is 35.7 Å². The normalized spacial score (nSPS) is 23.8. The van der Waals surface area contributed by atoms with Crippen LogP contribution in [-0.2, 0) is 60.5 Å². The number of H-pyrrole nitrogens is 1. The molecule has 7 rings (SSSR count). The number of anilines is 2. The standard InChI is InChI=1S/C40H41F2N11O11P2S2/c1-4-40(26(63-65(67)58-14-8-12-43)16-27(62-40)52-17-24(41)28-32(45-20-46-33(28)52)48-36(56)23-10-6-5-7-11-23)19-60-66(68,59-15-9-13-44)64-31-29(42)25(18-54)61-38(31)53-21-47-30-34(53)49-39(51-37(30)57)50-35(55)22(2)3/h1,5-7,10-11,17,20-22,25-27,29,31,38,54,65H,8-9,14-16,18-19H2,2-3H3,(H,45,46,48,56)(H2,49,50,51,55,57)/t25-,26+,27-,29-,31-,38-,40-,66?/m1/s1. The fraction of sp³-hybridized carbons (Fsp3) is 0.425. The van der Waals surface area contributed by atoms with Gasteiger partial charge >= 0.3 is 6.72 Å². The van der Waals surface area contributed by atoms with Gasteiger partial charge in [0, 0.05) is 24.1 Å². The van der Waals surface area contributed by atoms with E-state index in [-0.39, 0.29) is 72.0 Å². The number of halogens is 2. The maximum atomic E-state index is 16.4. The van der Waals surface area contributed by atoms with Crippen LogP contribution in [0.4, 0.5) is 20.5 Å². The zero-order chi connectivity index (χ0) is 48.8. The van der Waals surface area contributed by atoms with Crippen LogP contribution in [0.15, 0.2) is 54.0 Å². The minimum absolute atomic E-state index is 0.00494. The van der Waals surface area contributed by atoms with Crippen molar-refractivity contribution in [3.8, 4) is 24.5 Å². The van der Waals surface area contributed by atoms with E-state index in [1.165, 1.54) is 4.57 Å². The Bertz CT molecular complexity index is 2950. The van der Waals surface area contributed by atoms with Gasteiger partial charge in [0.15, 0.2) is 47.8 Å². The van der Waals surface area contributed by atoms with E-state index in [0.29, 0.717) is 0 Å². The van der Waals surface area contributed by atoms with Gasteiger partial charge in [-0.15, -0.1) is 6.42 Å². The zero-order valence-corrected chi connectivity index (χ0v) is 39.3. The van der Waals surface area contributed by atoms with E-state index in [4.69, 9.17) is 67.4 Å². The van der Waals surface area contributed by atoms with E-state index in [2.05, 4.69) is 41.5 Å². The number of nitriles is 2. The minimum atomic E-state index is -4.33. The number of amides is 2. The number of benzene rings is 1. The summed E-state index contributed by atoms with van der Waals surface area (Å²) in [7, 11) is -2.61. The molecule has 2 fully saturated rings. The SMILES string of the molecule is C#C[C@]1(COP(=S)(OCCC#N)O[C@@H]2[C@H](F)[C@@H](CO)O[C@H]2n2cnc3c(=O)[nH]c(NC(=O)C(C)C)nc32)O[C@@H](n2cc(F)c3c(NC(=O)c4ccccc4)ncnc32)C[C@@H]1O[PH](=S)OCCC#N. The maximum Gasteiger partial charge on any atom is 0.327 e. The number of fused-ring (bicyclic) bond motifs is 2. The molecule has 0 aliphatic carbocycles. The first-order chi connectivity index (χ1) is 32.6. The summed E-state index contributed by atoms with van der Waals surface area (Å²) in [6.07, 6.45) is -0.281. The number of ether oxygens (including phenoxy) is 2. The average molecular weight is 1020 g/mol. The van der Waals surface area contributed by atoms with Crippen molar-refractivity contribution in [3.05, 3.63) is 70.9 Å². The van der Waals surface area contributed by atoms with Crippen LogP contribution in [0.2, 0.25) is 0 Å². The Morgan fingerprint density at radius 2 is 1.88 bits per heavy atom. The van der Waals surface area contributed by atoms with E-state index in [1.807, 2.05) is 12.1 Å². The summed E-state index contributed by atoms with van der Waals surface area (Å²) in [6.45, 7) is -3.10. The highest BCUT2D eigenvalue weighted by Gasteiger charge is 2.54. The Kier molecular flexibility index (Phi) is 16.2. The molecule has 68 heavy (non-hydrogen) atoms. The molecular formula is C40H41F2N11O11P2S2. The molecule has 5 aromatic rings. The molecule has 28 heteroatoms. The maximum absolute atomic E-state index is 16.4. The number of hydrogen-bond acceptors (Lipinski definition) is 19. The average Bonchev–Trinajstić information content (AvgIpc) is 4.08. The molecule has 22 nitrogen and oxygen atoms in total. The number of aromatic nitrogens is 7. The second-order valence-corrected chi connectivity index (χ2v) is 20.2. The summed E-state index contributed by atoms with van der Waals surface area (Å²) in [5.74, 6) is -0.202. The molecule has 0 spiro atoms. The highest BCUT2D eigenvalue weighted by Crippen LogP contribution is 2.56. The van der Waals surface area contributed by atoms with Crippen LogP contribution in [0, 0.1) is 46.7 Å². The summed E-state index contributed by atoms with van der Waals surface area (Å²) >= 11 is 11.3. The lowest BCUT2D eigenvalue weighted by Crippen LogP contribution is -2.43. The zero-order valence-electron chi connectivity index (χ0n) is 35.8. The monoisotopic (exact) mass is 1020 g/mol. The fourth-order valence-corrected chi connectivity index (χ4v) is 10.6. The lowest BCUT2D eigenvalue weighted by Gasteiger charge is -2.33. The number of aliphatic hydroxyl groups excluding tert-OH is 1. The van der Waals surface area contributed by atoms with Gasteiger partial charge in [0.1, 0.15) is 36.7 Å². The Morgan fingerprint density at radius 1 is 1.13 bits per heavy atom. The topological polar surface area (TPSA) is 285 Å². The second kappa shape index (κ2) is 21.9. The van der Waals surface area contributed by atoms with Crippen molar-refractivity contribution in [2.45, 2.75) is 75.7 Å². The number of hydrogen-bond donors (Lipinski definition) is 4. The first-order valence-electron chi connectivity index (χ1n) is 20.5. The van der Waals surface area contributed by atoms with E-state index in [0.717, 1.165) is 23.4 Å². The lowest BCUT2D eigenvalue weighted by atomic mass is 9.99. The van der Waals surface area contributed by atoms with Gasteiger partial charge in [-0.3, -0.25) is 33.8 Å². The Labute approximate surface area is 396 Å². The molecule has 358 valence electrons. The third-order valence-corrected chi connectivity index (χ3v) is 14.3. The third-order valence-electron chi connectivity index (χ3n) is 10.4. The van der Waals surface area contributed by atoms with Crippen LogP contribution in [0.5, 0.6) is 0 Å². The number of aromatic amines is 1. The number of nitrogens with zero attached hydrogens (tertiary/aromatic N) is 8. The number of carbonyl (C=O) groups excluding carboxylic acids is 2. The molecule has 0 radical (unpaired) electrons. The Hall–Kier alpha value is -5.49. The van der Waals surface area contributed by atoms with Gasteiger partial charge in [-0.1, -0.05) is 38.0 Å². The van der Waals surface area contributed by atoms with Gasteiger partial charge in [-0.2, -0.15) is 15.5 Å². The highest BCUT2D eigenvalue weighted by molar-refractivity contribution is 8.07. The first-order valence-corrected chi connectivity index (χ1v) is 25.5. The van der Waals surface area contributed by atoms with Crippen LogP contribution in [0.3, 0.4) is 0 Å². The van der Waals surface area contributed by atoms with E-state index in [9.17, 15) is 24.8 Å². The number of alkyl halides is 1. The number of rotatable bonds is 20. The van der Waals surface area contributed by atoms with E-state index >= 15 is 8.78 Å². The highest BCUT2D eigenvalue weighted by atomic mass is 32.5. The molecule has 2 amide bonds. The van der Waals surface area contributed by atoms with Gasteiger partial charge < -0.3 is 42.6 Å². The van der Waals surface area contributed by atoms with Crippen LogP contribution in [0.1, 0.15) is 55.9 Å². The summed E-state index contributed by atoms with van der Waals surface area (Å²) < 4.78 is 77.3. The van der Waals surface area contributed by atoms with Crippen LogP contribution < -0.4 is 16.2 Å². The minimum Gasteiger partial charge on any atom is -0.394 e. The van der Waals surface area contributed by atoms with Crippen molar-refractivity contribution in [1.29, 1.82) is 10.5 Å². The van der Waals surface area contributed by atoms with Gasteiger partial charge in [0.05, 0.1) is 63.1 Å². The van der Waals surface area contributed by atoms with Gasteiger partial charge in [0.25, 0.3) is 11.5 Å². The molecule has 6 heterocycles. The summed E-state index contributed by atoms with van der Waals surface area (Å²) in [6, 6.07) is 12.0. The third kappa shape index (κ3) is 10.9. The number of carbonyl (C=O) groups is 2. The fourth-order valence-electron chi connectivity index (χ4n) is 7.04. The molecule has 4 N–H and O–H groups in total. The van der Waals surface area contributed by atoms with Crippen molar-refractivity contribution in [3.63, 3.8) is 0 Å². The quantitative estimate of drug-likeness (QED) is 0.0476. The molecule has 0 bridgehead atoms. The predicted octanol–water partition coefficient (Wildman–Crippen LogP) is 4.45. The first kappa shape index (κ1) is 50.4. The van der Waals surface area contributed by atoms with Crippen molar-refractivity contribution in [2.24, 2.45) is 5.92 Å². The molecule has 4 aromatic heterocycles. The van der Waals surface area contributed by atoms with Gasteiger partial charge in [-0.25, -0.2) is 23.7 Å². The molecule has 0 saturated carbocycles. The summed E-state index contributed by atoms with van der Waals surface area (Å²) in [5, 5.41) is 33.5. The summed E-state index contributed by atoms with van der Waals surface area (Å²) in [5.41, 5.74) is -2.85. The number of terminal acetylenes is 1. The predicted molar refractivity (Wildman–Crippen MR) is 244 cm³/mol. The summed E-state index contributed by atoms with van der Waals surface area (Å²) in [4.78, 5) is 57.8. The van der Waals surface area contributed by atoms with E-state index in [1.54, 1.807) is 44.2 Å². The van der Waals surface area contributed by atoms with Crippen molar-refractivity contribution in [1.82, 2.24) is 34.1 Å². The largest absolute Gasteiger partial charge is 0.394 e. The van der Waals surface area contributed by atoms with E-state index < -0.39 is 98.7 Å². The van der Waals surface area contributed by atoms with Crippen molar-refractivity contribution < 1.29 is 55.6 Å². The molecule has 2 saturated heterocycles. The Balaban J connectivity index is 1.21. The van der Waals surface area contributed by atoms with Crippen molar-refractivity contribution in [2.75, 3.05) is 37.1 Å². The van der Waals surface area contributed by atoms with Crippen molar-refractivity contribution >= 4 is 83.3 Å². The number of aliphatic hydroxyl groups is 1. The van der Waals surface area contributed by atoms with Crippen LogP contribution in [0.25, 0.3) is 22.2 Å². The van der Waals surface area contributed by atoms with Crippen LogP contribution >= 0.6 is 13.9 Å². The molecule has 9 atom stereocenters. The number of nitrogens with one attached hydrogen (secondary N) is 3. The molecule has 1 aromatic carbocycles. The van der Waals surface area contributed by atoms with Crippen LogP contribution in [-0.4, -0.2) is 107 Å². The molecule has 2 unspecified atom stereocenters. The molecule has 2 aliphatic heterocycles. The smallest absolute Gasteiger partial charge is 0.327 e. The lowest BCUT2D eigenvalue weighted by molar-refractivity contribution is -0.118. The van der Waals surface area contributed by atoms with Gasteiger partial charge in [0.2, 0.25) is 11.9 Å². The number of imidazole rings is 1. The Morgan fingerprint density at radius 3 is 2.59 bits per heavy atom. The molecular weight excluding hydrogens is 975 g/mol. The molecule has 2 aliphatic rings. The second-order valence-electron chi connectivity index (χ2n) is 15.2.